The van der Waals surface area contributed by atoms with E-state index in [4.69, 9.17) is 4.74 Å². The molecule has 0 aliphatic rings. The van der Waals surface area contributed by atoms with E-state index < -0.39 is 0 Å². The van der Waals surface area contributed by atoms with Crippen LogP contribution >= 0.6 is 15.9 Å². The Morgan fingerprint density at radius 1 is 1.00 bits per heavy atom. The highest BCUT2D eigenvalue weighted by atomic mass is 79.9. The summed E-state index contributed by atoms with van der Waals surface area (Å²) in [6, 6.07) is 17.5. The van der Waals surface area contributed by atoms with Gasteiger partial charge in [0.2, 0.25) is 0 Å². The van der Waals surface area contributed by atoms with Gasteiger partial charge >= 0.3 is 0 Å². The van der Waals surface area contributed by atoms with E-state index in [-0.39, 0.29) is 0 Å². The number of nitrogens with one attached hydrogen (secondary N) is 1. The summed E-state index contributed by atoms with van der Waals surface area (Å²) in [6.45, 7) is 4.42. The van der Waals surface area contributed by atoms with Gasteiger partial charge in [0.15, 0.2) is 0 Å². The van der Waals surface area contributed by atoms with E-state index in [0.717, 1.165) is 16.6 Å². The van der Waals surface area contributed by atoms with E-state index in [1.807, 2.05) is 12.1 Å². The number of rotatable bonds is 6. The molecular formula is C18H22BrNO. The van der Waals surface area contributed by atoms with Crippen LogP contribution < -0.4 is 10.1 Å². The Hall–Kier alpha value is -1.32. The first-order valence-electron chi connectivity index (χ1n) is 7.23. The summed E-state index contributed by atoms with van der Waals surface area (Å²) in [5.41, 5.74) is 2.62. The first-order chi connectivity index (χ1) is 10.1. The Morgan fingerprint density at radius 3 is 2.19 bits per heavy atom. The molecule has 0 radical (unpaired) electrons. The van der Waals surface area contributed by atoms with Crippen molar-refractivity contribution >= 4 is 15.9 Å². The fourth-order valence-electron chi connectivity index (χ4n) is 2.45. The number of ether oxygens (including phenoxy) is 1. The SMILES string of the molecule is COc1ccc([C@@H](C)NC(C)Cc2ccc(Br)cc2)cc1. The van der Waals surface area contributed by atoms with Crippen molar-refractivity contribution in [2.45, 2.75) is 32.4 Å². The maximum absolute atomic E-state index is 5.19. The Bertz CT molecular complexity index is 550. The number of benzene rings is 2. The molecule has 112 valence electrons. The zero-order valence-electron chi connectivity index (χ0n) is 12.8. The second-order valence-electron chi connectivity index (χ2n) is 5.39. The zero-order chi connectivity index (χ0) is 15.2. The second kappa shape index (κ2) is 7.62. The van der Waals surface area contributed by atoms with E-state index in [0.29, 0.717) is 12.1 Å². The minimum Gasteiger partial charge on any atom is -0.497 e. The average Bonchev–Trinajstić information content (AvgIpc) is 2.49. The number of hydrogen-bond donors (Lipinski definition) is 1. The van der Waals surface area contributed by atoms with Gasteiger partial charge in [0, 0.05) is 16.6 Å². The molecule has 0 spiro atoms. The Kier molecular flexibility index (Phi) is 5.83. The molecule has 0 aromatic heterocycles. The summed E-state index contributed by atoms with van der Waals surface area (Å²) < 4.78 is 6.32. The third-order valence-electron chi connectivity index (χ3n) is 3.61. The minimum atomic E-state index is 0.321. The van der Waals surface area contributed by atoms with Crippen molar-refractivity contribution in [3.05, 3.63) is 64.1 Å². The van der Waals surface area contributed by atoms with Crippen molar-refractivity contribution in [1.29, 1.82) is 0 Å². The Morgan fingerprint density at radius 2 is 1.62 bits per heavy atom. The molecule has 0 saturated heterocycles. The molecule has 2 nitrogen and oxygen atoms in total. The van der Waals surface area contributed by atoms with Crippen LogP contribution in [0, 0.1) is 0 Å². The lowest BCUT2D eigenvalue weighted by atomic mass is 10.0. The van der Waals surface area contributed by atoms with Crippen molar-refractivity contribution in [1.82, 2.24) is 5.32 Å². The molecule has 0 aliphatic carbocycles. The summed E-state index contributed by atoms with van der Waals surface area (Å²) in [5.74, 6) is 0.897. The van der Waals surface area contributed by atoms with E-state index >= 15 is 0 Å². The van der Waals surface area contributed by atoms with Gasteiger partial charge in [-0.05, 0) is 55.7 Å². The van der Waals surface area contributed by atoms with Crippen molar-refractivity contribution in [3.8, 4) is 5.75 Å². The van der Waals surface area contributed by atoms with Crippen LogP contribution in [0.5, 0.6) is 5.75 Å². The molecule has 2 rings (SSSR count). The smallest absolute Gasteiger partial charge is 0.118 e. The topological polar surface area (TPSA) is 21.3 Å². The molecule has 0 bridgehead atoms. The molecule has 21 heavy (non-hydrogen) atoms. The fraction of sp³-hybridized carbons (Fsp3) is 0.333. The highest BCUT2D eigenvalue weighted by molar-refractivity contribution is 9.10. The molecule has 1 N–H and O–H groups in total. The Balaban J connectivity index is 1.91. The third kappa shape index (κ3) is 4.87. The summed E-state index contributed by atoms with van der Waals surface area (Å²) in [5, 5.41) is 3.64. The van der Waals surface area contributed by atoms with Crippen LogP contribution in [0.15, 0.2) is 53.0 Å². The standard InChI is InChI=1S/C18H22BrNO/c1-13(12-15-4-8-17(19)9-5-15)20-14(2)16-6-10-18(21-3)11-7-16/h4-11,13-14,20H,12H2,1-3H3/t13?,14-/m1/s1. The molecule has 2 atom stereocenters. The lowest BCUT2D eigenvalue weighted by Crippen LogP contribution is -2.30. The van der Waals surface area contributed by atoms with Crippen LogP contribution in [0.1, 0.15) is 31.0 Å². The molecule has 1 unspecified atom stereocenters. The lowest BCUT2D eigenvalue weighted by Gasteiger charge is -2.20. The molecule has 0 fully saturated rings. The van der Waals surface area contributed by atoms with Crippen molar-refractivity contribution in [2.24, 2.45) is 0 Å². The predicted octanol–water partition coefficient (Wildman–Crippen LogP) is 4.74. The first-order valence-corrected chi connectivity index (χ1v) is 8.02. The van der Waals surface area contributed by atoms with Gasteiger partial charge in [0.1, 0.15) is 5.75 Å². The van der Waals surface area contributed by atoms with Crippen molar-refractivity contribution in [2.75, 3.05) is 7.11 Å². The van der Waals surface area contributed by atoms with E-state index in [2.05, 4.69) is 71.5 Å². The van der Waals surface area contributed by atoms with Crippen LogP contribution in [0.25, 0.3) is 0 Å². The van der Waals surface area contributed by atoms with Crippen molar-refractivity contribution in [3.63, 3.8) is 0 Å². The summed E-state index contributed by atoms with van der Waals surface area (Å²) in [7, 11) is 1.69. The molecule has 3 heteroatoms. The largest absolute Gasteiger partial charge is 0.497 e. The highest BCUT2D eigenvalue weighted by Crippen LogP contribution is 2.18. The number of halogens is 1. The van der Waals surface area contributed by atoms with Crippen LogP contribution in [0.3, 0.4) is 0 Å². The van der Waals surface area contributed by atoms with E-state index in [9.17, 15) is 0 Å². The monoisotopic (exact) mass is 347 g/mol. The molecule has 2 aromatic carbocycles. The summed E-state index contributed by atoms with van der Waals surface area (Å²) in [6.07, 6.45) is 1.02. The van der Waals surface area contributed by atoms with Gasteiger partial charge in [-0.25, -0.2) is 0 Å². The summed E-state index contributed by atoms with van der Waals surface area (Å²) >= 11 is 3.47. The molecule has 0 saturated carbocycles. The maximum Gasteiger partial charge on any atom is 0.118 e. The van der Waals surface area contributed by atoms with Gasteiger partial charge in [0.25, 0.3) is 0 Å². The van der Waals surface area contributed by atoms with Gasteiger partial charge in [-0.2, -0.15) is 0 Å². The van der Waals surface area contributed by atoms with Gasteiger partial charge in [0.05, 0.1) is 7.11 Å². The van der Waals surface area contributed by atoms with E-state index in [1.54, 1.807) is 7.11 Å². The zero-order valence-corrected chi connectivity index (χ0v) is 14.4. The molecule has 0 aliphatic heterocycles. The predicted molar refractivity (Wildman–Crippen MR) is 91.9 cm³/mol. The quantitative estimate of drug-likeness (QED) is 0.814. The Labute approximate surface area is 135 Å². The van der Waals surface area contributed by atoms with Gasteiger partial charge < -0.3 is 10.1 Å². The molecule has 2 aromatic rings. The van der Waals surface area contributed by atoms with Gasteiger partial charge in [-0.3, -0.25) is 0 Å². The molecular weight excluding hydrogens is 326 g/mol. The van der Waals surface area contributed by atoms with E-state index in [1.165, 1.54) is 11.1 Å². The average molecular weight is 348 g/mol. The lowest BCUT2D eigenvalue weighted by molar-refractivity contribution is 0.414. The maximum atomic E-state index is 5.19. The highest BCUT2D eigenvalue weighted by Gasteiger charge is 2.10. The fourth-order valence-corrected chi connectivity index (χ4v) is 2.71. The van der Waals surface area contributed by atoms with Crippen LogP contribution in [-0.2, 0) is 6.42 Å². The van der Waals surface area contributed by atoms with Crippen LogP contribution in [0.4, 0.5) is 0 Å². The van der Waals surface area contributed by atoms with Crippen LogP contribution in [0.2, 0.25) is 0 Å². The summed E-state index contributed by atoms with van der Waals surface area (Å²) in [4.78, 5) is 0. The second-order valence-corrected chi connectivity index (χ2v) is 6.31. The van der Waals surface area contributed by atoms with Crippen molar-refractivity contribution < 1.29 is 4.74 Å². The minimum absolute atomic E-state index is 0.321. The van der Waals surface area contributed by atoms with Gasteiger partial charge in [-0.15, -0.1) is 0 Å². The number of hydrogen-bond acceptors (Lipinski definition) is 2. The normalized spacial score (nSPS) is 13.7. The number of methoxy groups -OCH3 is 1. The van der Waals surface area contributed by atoms with Crippen LogP contribution in [-0.4, -0.2) is 13.2 Å². The molecule has 0 heterocycles. The first kappa shape index (κ1) is 16.1. The third-order valence-corrected chi connectivity index (χ3v) is 4.13. The van der Waals surface area contributed by atoms with Gasteiger partial charge in [-0.1, -0.05) is 40.2 Å². The molecule has 0 amide bonds.